The van der Waals surface area contributed by atoms with E-state index >= 15 is 0 Å². The fraction of sp³-hybridized carbons (Fsp3) is 0.579. The van der Waals surface area contributed by atoms with Crippen molar-refractivity contribution in [2.75, 3.05) is 11.9 Å². The minimum Gasteiger partial charge on any atom is -0.484 e. The Morgan fingerprint density at radius 1 is 1.12 bits per heavy atom. The lowest BCUT2D eigenvalue weighted by Gasteiger charge is -2.21. The van der Waals surface area contributed by atoms with Crippen LogP contribution < -0.4 is 15.4 Å². The van der Waals surface area contributed by atoms with Gasteiger partial charge in [-0.3, -0.25) is 9.59 Å². The number of amides is 2. The molecule has 24 heavy (non-hydrogen) atoms. The Morgan fingerprint density at radius 2 is 1.88 bits per heavy atom. The first kappa shape index (κ1) is 16.8. The second-order valence-electron chi connectivity index (χ2n) is 6.77. The van der Waals surface area contributed by atoms with Gasteiger partial charge in [-0.1, -0.05) is 32.1 Å². The molecule has 0 spiro atoms. The topological polar surface area (TPSA) is 67.4 Å². The van der Waals surface area contributed by atoms with E-state index in [1.807, 2.05) is 12.1 Å². The van der Waals surface area contributed by atoms with Crippen LogP contribution in [0.5, 0.6) is 5.75 Å². The molecule has 1 saturated carbocycles. The summed E-state index contributed by atoms with van der Waals surface area (Å²) in [5.74, 6) is 0.680. The lowest BCUT2D eigenvalue weighted by atomic mass is 9.97. The van der Waals surface area contributed by atoms with Crippen molar-refractivity contribution in [3.05, 3.63) is 23.8 Å². The van der Waals surface area contributed by atoms with Gasteiger partial charge < -0.3 is 15.4 Å². The fourth-order valence-corrected chi connectivity index (χ4v) is 3.47. The smallest absolute Gasteiger partial charge is 0.258 e. The average Bonchev–Trinajstić information content (AvgIpc) is 2.55. The van der Waals surface area contributed by atoms with E-state index < -0.39 is 0 Å². The van der Waals surface area contributed by atoms with Gasteiger partial charge in [0, 0.05) is 18.2 Å². The predicted octanol–water partition coefficient (Wildman–Crippen LogP) is 3.18. The summed E-state index contributed by atoms with van der Waals surface area (Å²) in [6, 6.07) is 5.85. The molecular weight excluding hydrogens is 304 g/mol. The maximum atomic E-state index is 12.1. The third-order valence-corrected chi connectivity index (χ3v) is 4.81. The molecule has 0 aromatic heterocycles. The van der Waals surface area contributed by atoms with E-state index in [0.29, 0.717) is 24.6 Å². The third kappa shape index (κ3) is 4.73. The number of benzene rings is 1. The van der Waals surface area contributed by atoms with Gasteiger partial charge in [0.25, 0.3) is 5.91 Å². The number of fused-ring (bicyclic) bond motifs is 1. The molecule has 0 atom stereocenters. The van der Waals surface area contributed by atoms with E-state index in [0.717, 1.165) is 24.1 Å². The number of hydrogen-bond donors (Lipinski definition) is 2. The first-order chi connectivity index (χ1) is 11.7. The summed E-state index contributed by atoms with van der Waals surface area (Å²) in [5.41, 5.74) is 1.91. The molecule has 5 nitrogen and oxygen atoms in total. The van der Waals surface area contributed by atoms with Gasteiger partial charge in [0.15, 0.2) is 6.61 Å². The maximum absolute atomic E-state index is 12.1. The Hall–Kier alpha value is -2.04. The highest BCUT2D eigenvalue weighted by molar-refractivity contribution is 5.94. The second kappa shape index (κ2) is 8.18. The van der Waals surface area contributed by atoms with Gasteiger partial charge in [0.05, 0.1) is 0 Å². The van der Waals surface area contributed by atoms with Gasteiger partial charge in [0.2, 0.25) is 5.91 Å². The molecule has 130 valence electrons. The van der Waals surface area contributed by atoms with Crippen molar-refractivity contribution in [3.8, 4) is 5.75 Å². The largest absolute Gasteiger partial charge is 0.484 e. The van der Waals surface area contributed by atoms with E-state index in [1.165, 1.54) is 32.1 Å². The van der Waals surface area contributed by atoms with Crippen LogP contribution >= 0.6 is 0 Å². The molecule has 5 heteroatoms. The third-order valence-electron chi connectivity index (χ3n) is 4.81. The molecular formula is C19H26N2O3. The van der Waals surface area contributed by atoms with Crippen LogP contribution in [0.25, 0.3) is 0 Å². The van der Waals surface area contributed by atoms with E-state index in [4.69, 9.17) is 4.74 Å². The zero-order chi connectivity index (χ0) is 16.8. The molecule has 1 fully saturated rings. The lowest BCUT2D eigenvalue weighted by Crippen LogP contribution is -2.38. The highest BCUT2D eigenvalue weighted by Gasteiger charge is 2.16. The van der Waals surface area contributed by atoms with Crippen molar-refractivity contribution >= 4 is 17.5 Å². The molecule has 0 saturated heterocycles. The minimum atomic E-state index is -0.0494. The summed E-state index contributed by atoms with van der Waals surface area (Å²) >= 11 is 0. The summed E-state index contributed by atoms with van der Waals surface area (Å²) in [4.78, 5) is 23.5. The van der Waals surface area contributed by atoms with Crippen LogP contribution in [-0.2, 0) is 16.0 Å². The van der Waals surface area contributed by atoms with Gasteiger partial charge in [-0.05, 0) is 43.0 Å². The maximum Gasteiger partial charge on any atom is 0.258 e. The summed E-state index contributed by atoms with van der Waals surface area (Å²) in [7, 11) is 0. The normalized spacial score (nSPS) is 18.8. The van der Waals surface area contributed by atoms with Gasteiger partial charge in [0.1, 0.15) is 5.75 Å². The Labute approximate surface area is 143 Å². The standard InChI is InChI=1S/C19H26N2O3/c22-18-11-8-14-12-16(9-10-17(14)21-18)24-13-19(23)20-15-6-4-2-1-3-5-7-15/h9-10,12,15H,1-8,11,13H2,(H,20,23)(H,21,22). The molecule has 1 aliphatic carbocycles. The molecule has 2 amide bonds. The van der Waals surface area contributed by atoms with Gasteiger partial charge in [-0.25, -0.2) is 0 Å². The number of rotatable bonds is 4. The summed E-state index contributed by atoms with van der Waals surface area (Å²) in [6.45, 7) is 0.0433. The van der Waals surface area contributed by atoms with Gasteiger partial charge >= 0.3 is 0 Å². The molecule has 0 unspecified atom stereocenters. The Morgan fingerprint density at radius 3 is 2.67 bits per heavy atom. The Balaban J connectivity index is 1.48. The van der Waals surface area contributed by atoms with E-state index in [2.05, 4.69) is 10.6 Å². The minimum absolute atomic E-state index is 0.0433. The van der Waals surface area contributed by atoms with Crippen LogP contribution in [0.1, 0.15) is 56.9 Å². The van der Waals surface area contributed by atoms with Gasteiger partial charge in [-0.15, -0.1) is 0 Å². The first-order valence-electron chi connectivity index (χ1n) is 9.05. The number of carbonyl (C=O) groups is 2. The van der Waals surface area contributed by atoms with Crippen molar-refractivity contribution in [2.45, 2.75) is 63.8 Å². The van der Waals surface area contributed by atoms with Crippen LogP contribution in [0.4, 0.5) is 5.69 Å². The number of aryl methyl sites for hydroxylation is 1. The molecule has 0 radical (unpaired) electrons. The zero-order valence-corrected chi connectivity index (χ0v) is 14.1. The van der Waals surface area contributed by atoms with Crippen LogP contribution in [-0.4, -0.2) is 24.5 Å². The predicted molar refractivity (Wildman–Crippen MR) is 93.1 cm³/mol. The SMILES string of the molecule is O=C1CCc2cc(OCC(=O)NC3CCCCCCC3)ccc2N1. The molecule has 3 rings (SSSR count). The number of ether oxygens (including phenoxy) is 1. The molecule has 2 aliphatic rings. The van der Waals surface area contributed by atoms with Crippen molar-refractivity contribution in [2.24, 2.45) is 0 Å². The molecule has 1 aliphatic heterocycles. The number of hydrogen-bond acceptors (Lipinski definition) is 3. The lowest BCUT2D eigenvalue weighted by molar-refractivity contribution is -0.124. The van der Waals surface area contributed by atoms with E-state index in [-0.39, 0.29) is 18.4 Å². The Bertz CT molecular complexity index is 592. The van der Waals surface area contributed by atoms with Gasteiger partial charge in [-0.2, -0.15) is 0 Å². The van der Waals surface area contributed by atoms with Crippen molar-refractivity contribution < 1.29 is 14.3 Å². The van der Waals surface area contributed by atoms with Crippen LogP contribution in [0, 0.1) is 0 Å². The van der Waals surface area contributed by atoms with E-state index in [1.54, 1.807) is 6.07 Å². The second-order valence-corrected chi connectivity index (χ2v) is 6.77. The summed E-state index contributed by atoms with van der Waals surface area (Å²) in [5, 5.41) is 5.95. The Kier molecular flexibility index (Phi) is 5.72. The highest BCUT2D eigenvalue weighted by atomic mass is 16.5. The molecule has 1 heterocycles. The molecule has 2 N–H and O–H groups in total. The quantitative estimate of drug-likeness (QED) is 0.891. The number of carbonyl (C=O) groups excluding carboxylic acids is 2. The zero-order valence-electron chi connectivity index (χ0n) is 14.1. The van der Waals surface area contributed by atoms with Crippen LogP contribution in [0.15, 0.2) is 18.2 Å². The molecule has 1 aromatic rings. The first-order valence-corrected chi connectivity index (χ1v) is 9.05. The summed E-state index contributed by atoms with van der Waals surface area (Å²) < 4.78 is 5.63. The highest BCUT2D eigenvalue weighted by Crippen LogP contribution is 2.26. The monoisotopic (exact) mass is 330 g/mol. The van der Waals surface area contributed by atoms with Crippen molar-refractivity contribution in [3.63, 3.8) is 0 Å². The van der Waals surface area contributed by atoms with Crippen LogP contribution in [0.3, 0.4) is 0 Å². The van der Waals surface area contributed by atoms with Crippen molar-refractivity contribution in [1.29, 1.82) is 0 Å². The average molecular weight is 330 g/mol. The summed E-state index contributed by atoms with van der Waals surface area (Å²) in [6.07, 6.45) is 9.62. The van der Waals surface area contributed by atoms with E-state index in [9.17, 15) is 9.59 Å². The van der Waals surface area contributed by atoms with Crippen LogP contribution in [0.2, 0.25) is 0 Å². The number of nitrogens with one attached hydrogen (secondary N) is 2. The molecule has 1 aromatic carbocycles. The number of anilines is 1. The van der Waals surface area contributed by atoms with Crippen molar-refractivity contribution in [1.82, 2.24) is 5.32 Å². The fourth-order valence-electron chi connectivity index (χ4n) is 3.47. The molecule has 0 bridgehead atoms.